The largest absolute Gasteiger partial charge is 0.417 e. The highest BCUT2D eigenvalue weighted by Crippen LogP contribution is 2.30. The Morgan fingerprint density at radius 3 is 2.36 bits per heavy atom. The molecule has 1 saturated carbocycles. The lowest BCUT2D eigenvalue weighted by atomic mass is 10.0. The maximum Gasteiger partial charge on any atom is 0.417 e. The number of carbonyl (C=O) groups is 1. The van der Waals surface area contributed by atoms with E-state index >= 15 is 0 Å². The molecular formula is C18H24F3N3O. The molecule has 138 valence electrons. The van der Waals surface area contributed by atoms with Crippen molar-refractivity contribution in [2.75, 3.05) is 31.1 Å². The maximum absolute atomic E-state index is 12.6. The summed E-state index contributed by atoms with van der Waals surface area (Å²) < 4.78 is 37.8. The fourth-order valence-corrected chi connectivity index (χ4v) is 3.71. The molecule has 0 bridgehead atoms. The van der Waals surface area contributed by atoms with Crippen molar-refractivity contribution in [3.05, 3.63) is 23.9 Å². The summed E-state index contributed by atoms with van der Waals surface area (Å²) in [5.41, 5.74) is -0.739. The van der Waals surface area contributed by atoms with Crippen LogP contribution in [0.5, 0.6) is 0 Å². The zero-order valence-corrected chi connectivity index (χ0v) is 14.3. The number of hydrogen-bond donors (Lipinski definition) is 0. The van der Waals surface area contributed by atoms with Gasteiger partial charge in [0, 0.05) is 38.8 Å². The first-order valence-electron chi connectivity index (χ1n) is 8.99. The molecule has 1 aliphatic carbocycles. The van der Waals surface area contributed by atoms with Gasteiger partial charge in [0.1, 0.15) is 5.82 Å². The summed E-state index contributed by atoms with van der Waals surface area (Å²) in [7, 11) is 0. The molecule has 1 amide bonds. The molecule has 0 N–H and O–H groups in total. The van der Waals surface area contributed by atoms with E-state index in [2.05, 4.69) is 4.98 Å². The Labute approximate surface area is 146 Å². The van der Waals surface area contributed by atoms with Crippen LogP contribution in [0.25, 0.3) is 0 Å². The predicted octanol–water partition coefficient (Wildman–Crippen LogP) is 3.72. The second kappa shape index (κ2) is 7.62. The summed E-state index contributed by atoms with van der Waals surface area (Å²) >= 11 is 0. The molecule has 2 fully saturated rings. The molecule has 2 heterocycles. The Morgan fingerprint density at radius 2 is 1.80 bits per heavy atom. The summed E-state index contributed by atoms with van der Waals surface area (Å²) in [6.07, 6.45) is 3.18. The van der Waals surface area contributed by atoms with Gasteiger partial charge in [0.05, 0.1) is 5.56 Å². The molecule has 0 spiro atoms. The summed E-state index contributed by atoms with van der Waals surface area (Å²) in [6.45, 7) is 2.42. The fourth-order valence-electron chi connectivity index (χ4n) is 3.71. The fraction of sp³-hybridized carbons (Fsp3) is 0.667. The first-order valence-corrected chi connectivity index (χ1v) is 8.99. The normalized spacial score (nSPS) is 19.5. The van der Waals surface area contributed by atoms with Crippen molar-refractivity contribution in [3.8, 4) is 0 Å². The Kier molecular flexibility index (Phi) is 5.49. The standard InChI is InChI=1S/C18H24F3N3O/c19-18(20,21)15-6-7-16(22-13-15)23-9-11-24(12-10-23)17(25)8-5-14-3-1-2-4-14/h6-7,13-14H,1-5,8-12H2. The molecule has 0 atom stereocenters. The van der Waals surface area contributed by atoms with Crippen LogP contribution in [0.15, 0.2) is 18.3 Å². The van der Waals surface area contributed by atoms with Gasteiger partial charge in [-0.15, -0.1) is 0 Å². The summed E-state index contributed by atoms with van der Waals surface area (Å²) in [4.78, 5) is 20.1. The molecule has 1 aromatic heterocycles. The van der Waals surface area contributed by atoms with Crippen molar-refractivity contribution in [1.82, 2.24) is 9.88 Å². The van der Waals surface area contributed by atoms with Crippen molar-refractivity contribution in [3.63, 3.8) is 0 Å². The van der Waals surface area contributed by atoms with E-state index in [1.165, 1.54) is 31.7 Å². The molecule has 0 radical (unpaired) electrons. The topological polar surface area (TPSA) is 36.4 Å². The van der Waals surface area contributed by atoms with E-state index in [1.54, 1.807) is 0 Å². The van der Waals surface area contributed by atoms with Gasteiger partial charge < -0.3 is 9.80 Å². The molecular weight excluding hydrogens is 331 g/mol. The van der Waals surface area contributed by atoms with Crippen molar-refractivity contribution >= 4 is 11.7 Å². The number of hydrogen-bond acceptors (Lipinski definition) is 3. The second-order valence-electron chi connectivity index (χ2n) is 6.96. The number of nitrogens with zero attached hydrogens (tertiary/aromatic N) is 3. The maximum atomic E-state index is 12.6. The van der Waals surface area contributed by atoms with Crippen molar-refractivity contribution in [2.45, 2.75) is 44.7 Å². The number of piperazine rings is 1. The third-order valence-electron chi connectivity index (χ3n) is 5.27. The quantitative estimate of drug-likeness (QED) is 0.826. The van der Waals surface area contributed by atoms with Gasteiger partial charge in [-0.3, -0.25) is 4.79 Å². The minimum Gasteiger partial charge on any atom is -0.353 e. The number of alkyl halides is 3. The number of halogens is 3. The van der Waals surface area contributed by atoms with Crippen molar-refractivity contribution in [1.29, 1.82) is 0 Å². The molecule has 0 unspecified atom stereocenters. The third-order valence-corrected chi connectivity index (χ3v) is 5.27. The molecule has 1 saturated heterocycles. The lowest BCUT2D eigenvalue weighted by Crippen LogP contribution is -2.49. The lowest BCUT2D eigenvalue weighted by Gasteiger charge is -2.35. The first-order chi connectivity index (χ1) is 11.9. The molecule has 4 nitrogen and oxygen atoms in total. The number of pyridine rings is 1. The number of carbonyl (C=O) groups excluding carboxylic acids is 1. The molecule has 1 aliphatic heterocycles. The van der Waals surface area contributed by atoms with E-state index in [9.17, 15) is 18.0 Å². The average molecular weight is 355 g/mol. The van der Waals surface area contributed by atoms with Gasteiger partial charge in [0.25, 0.3) is 0 Å². The SMILES string of the molecule is O=C(CCC1CCCC1)N1CCN(c2ccc(C(F)(F)F)cn2)CC1. The van der Waals surface area contributed by atoms with Gasteiger partial charge in [-0.05, 0) is 24.5 Å². The highest BCUT2D eigenvalue weighted by molar-refractivity contribution is 5.76. The van der Waals surface area contributed by atoms with E-state index in [-0.39, 0.29) is 5.91 Å². The highest BCUT2D eigenvalue weighted by Gasteiger charge is 2.31. The Bertz CT molecular complexity index is 574. The zero-order valence-electron chi connectivity index (χ0n) is 14.3. The van der Waals surface area contributed by atoms with Gasteiger partial charge in [-0.1, -0.05) is 25.7 Å². The van der Waals surface area contributed by atoms with Crippen LogP contribution in [0.3, 0.4) is 0 Å². The van der Waals surface area contributed by atoms with Gasteiger partial charge >= 0.3 is 6.18 Å². The molecule has 25 heavy (non-hydrogen) atoms. The summed E-state index contributed by atoms with van der Waals surface area (Å²) in [5, 5.41) is 0. The number of aromatic nitrogens is 1. The zero-order chi connectivity index (χ0) is 17.9. The van der Waals surface area contributed by atoms with E-state index in [0.717, 1.165) is 18.7 Å². The second-order valence-corrected chi connectivity index (χ2v) is 6.96. The lowest BCUT2D eigenvalue weighted by molar-refractivity contribution is -0.138. The molecule has 7 heteroatoms. The van der Waals surface area contributed by atoms with Crippen LogP contribution >= 0.6 is 0 Å². The van der Waals surface area contributed by atoms with Crippen LogP contribution in [-0.4, -0.2) is 42.0 Å². The van der Waals surface area contributed by atoms with Gasteiger partial charge in [-0.2, -0.15) is 13.2 Å². The number of anilines is 1. The van der Waals surface area contributed by atoms with Crippen LogP contribution in [0.2, 0.25) is 0 Å². The van der Waals surface area contributed by atoms with Crippen LogP contribution < -0.4 is 4.90 Å². The Balaban J connectivity index is 1.47. The van der Waals surface area contributed by atoms with Crippen LogP contribution in [-0.2, 0) is 11.0 Å². The molecule has 3 rings (SSSR count). The van der Waals surface area contributed by atoms with Crippen molar-refractivity contribution < 1.29 is 18.0 Å². The smallest absolute Gasteiger partial charge is 0.353 e. The predicted molar refractivity (Wildman–Crippen MR) is 89.2 cm³/mol. The van der Waals surface area contributed by atoms with E-state index in [4.69, 9.17) is 0 Å². The van der Waals surface area contributed by atoms with Gasteiger partial charge in [0.15, 0.2) is 0 Å². The first kappa shape index (κ1) is 18.0. The van der Waals surface area contributed by atoms with Crippen LogP contribution in [0.4, 0.5) is 19.0 Å². The highest BCUT2D eigenvalue weighted by atomic mass is 19.4. The number of amides is 1. The van der Waals surface area contributed by atoms with Gasteiger partial charge in [-0.25, -0.2) is 4.98 Å². The minimum atomic E-state index is -4.37. The summed E-state index contributed by atoms with van der Waals surface area (Å²) in [5.74, 6) is 1.44. The Morgan fingerprint density at radius 1 is 1.12 bits per heavy atom. The Hall–Kier alpha value is -1.79. The van der Waals surface area contributed by atoms with E-state index in [1.807, 2.05) is 9.80 Å². The van der Waals surface area contributed by atoms with Crippen LogP contribution in [0.1, 0.15) is 44.1 Å². The molecule has 1 aromatic rings. The molecule has 2 aliphatic rings. The molecule has 0 aromatic carbocycles. The van der Waals surface area contributed by atoms with Crippen molar-refractivity contribution in [2.24, 2.45) is 5.92 Å². The van der Waals surface area contributed by atoms with E-state index < -0.39 is 11.7 Å². The minimum absolute atomic E-state index is 0.201. The number of rotatable bonds is 4. The van der Waals surface area contributed by atoms with E-state index in [0.29, 0.717) is 44.3 Å². The average Bonchev–Trinajstić information content (AvgIpc) is 3.13. The van der Waals surface area contributed by atoms with Crippen LogP contribution in [0, 0.1) is 5.92 Å². The monoisotopic (exact) mass is 355 g/mol. The van der Waals surface area contributed by atoms with Gasteiger partial charge in [0.2, 0.25) is 5.91 Å². The summed E-state index contributed by atoms with van der Waals surface area (Å²) in [6, 6.07) is 2.46. The third kappa shape index (κ3) is 4.64.